The van der Waals surface area contributed by atoms with Crippen LogP contribution in [0.3, 0.4) is 0 Å². The number of amides is 1. The Morgan fingerprint density at radius 1 is 1.08 bits per heavy atom. The number of carbonyl (C=O) groups is 2. The van der Waals surface area contributed by atoms with E-state index in [4.69, 9.17) is 20.3 Å². The first kappa shape index (κ1) is 33.4. The van der Waals surface area contributed by atoms with Gasteiger partial charge in [-0.1, -0.05) is 81.3 Å². The number of aldehydes is 1. The Hall–Kier alpha value is -2.66. The van der Waals surface area contributed by atoms with Crippen molar-refractivity contribution < 1.29 is 24.2 Å². The number of aromatic nitrogens is 3. The molecule has 1 aromatic carbocycles. The third kappa shape index (κ3) is 17.0. The van der Waals surface area contributed by atoms with Crippen LogP contribution in [-0.2, 0) is 20.8 Å². The fourth-order valence-electron chi connectivity index (χ4n) is 3.73. The number of benzene rings is 1. The largest absolute Gasteiger partial charge is 0.394 e. The average Bonchev–Trinajstić information content (AvgIpc) is 3.39. The summed E-state index contributed by atoms with van der Waals surface area (Å²) in [4.78, 5) is 20.6. The van der Waals surface area contributed by atoms with E-state index in [0.29, 0.717) is 51.5 Å². The van der Waals surface area contributed by atoms with Crippen LogP contribution in [0.2, 0.25) is 0 Å². The molecule has 0 bridgehead atoms. The van der Waals surface area contributed by atoms with E-state index in [9.17, 15) is 9.59 Å². The first-order valence-electron chi connectivity index (χ1n) is 13.6. The Balaban J connectivity index is 0.000000369. The average molecular weight is 534 g/mol. The third-order valence-corrected chi connectivity index (χ3v) is 5.97. The standard InChI is InChI=1S/C15H19N3O4.C9H18.C4H10N2O/c19-6-8-22-10-9-21-7-5-18-11-15(16-17-18)14-3-1-13(12-20)2-4-14;1-9-7-5-3-2-4-6-8-9;1-6-3-2-4(5)7/h1-4,11-12,19H,5-10H2;9H,2-8H2,1H3;6H,2-3H2,1H3,(H2,5,7). The van der Waals surface area contributed by atoms with Gasteiger partial charge in [0.1, 0.15) is 12.0 Å². The van der Waals surface area contributed by atoms with Crippen molar-refractivity contribution in [2.24, 2.45) is 11.7 Å². The van der Waals surface area contributed by atoms with Crippen molar-refractivity contribution in [3.8, 4) is 11.3 Å². The molecule has 4 N–H and O–H groups in total. The molecule has 0 spiro atoms. The lowest BCUT2D eigenvalue weighted by Crippen LogP contribution is -2.18. The van der Waals surface area contributed by atoms with Crippen LogP contribution in [0.15, 0.2) is 30.5 Å². The fourth-order valence-corrected chi connectivity index (χ4v) is 3.73. The minimum Gasteiger partial charge on any atom is -0.394 e. The number of hydrogen-bond donors (Lipinski definition) is 3. The van der Waals surface area contributed by atoms with Crippen molar-refractivity contribution in [3.63, 3.8) is 0 Å². The van der Waals surface area contributed by atoms with Gasteiger partial charge >= 0.3 is 0 Å². The zero-order valence-corrected chi connectivity index (χ0v) is 23.1. The highest BCUT2D eigenvalue weighted by Crippen LogP contribution is 2.21. The predicted molar refractivity (Wildman–Crippen MR) is 149 cm³/mol. The van der Waals surface area contributed by atoms with Gasteiger partial charge < -0.3 is 25.6 Å². The molecule has 0 unspecified atom stereocenters. The highest BCUT2D eigenvalue weighted by Gasteiger charge is 2.05. The minimum absolute atomic E-state index is 0.0234. The predicted octanol–water partition coefficient (Wildman–Crippen LogP) is 3.23. The summed E-state index contributed by atoms with van der Waals surface area (Å²) in [6.07, 6.45) is 13.5. The normalized spacial score (nSPS) is 13.8. The maximum absolute atomic E-state index is 10.6. The van der Waals surface area contributed by atoms with Crippen LogP contribution in [0.4, 0.5) is 0 Å². The number of ether oxygens (including phenoxy) is 2. The van der Waals surface area contributed by atoms with Crippen molar-refractivity contribution in [3.05, 3.63) is 36.0 Å². The molecule has 38 heavy (non-hydrogen) atoms. The van der Waals surface area contributed by atoms with Crippen LogP contribution >= 0.6 is 0 Å². The van der Waals surface area contributed by atoms with Gasteiger partial charge in [-0.25, -0.2) is 4.68 Å². The molecule has 10 heteroatoms. The van der Waals surface area contributed by atoms with E-state index in [1.54, 1.807) is 23.9 Å². The molecule has 10 nitrogen and oxygen atoms in total. The van der Waals surface area contributed by atoms with Gasteiger partial charge in [-0.15, -0.1) is 5.10 Å². The van der Waals surface area contributed by atoms with Gasteiger partial charge in [0.15, 0.2) is 0 Å². The number of primary amides is 1. The Bertz CT molecular complexity index is 852. The molecule has 1 aliphatic rings. The molecular weight excluding hydrogens is 486 g/mol. The van der Waals surface area contributed by atoms with Crippen LogP contribution in [0.25, 0.3) is 11.3 Å². The van der Waals surface area contributed by atoms with Crippen LogP contribution in [0.5, 0.6) is 0 Å². The molecule has 2 aromatic rings. The Morgan fingerprint density at radius 3 is 2.26 bits per heavy atom. The summed E-state index contributed by atoms with van der Waals surface area (Å²) in [5.74, 6) is 0.764. The molecule has 1 aliphatic carbocycles. The summed E-state index contributed by atoms with van der Waals surface area (Å²) in [5, 5.41) is 19.5. The van der Waals surface area contributed by atoms with Crippen LogP contribution < -0.4 is 11.1 Å². The number of aliphatic hydroxyl groups is 1. The number of nitrogens with two attached hydrogens (primary N) is 1. The maximum atomic E-state index is 10.6. The van der Waals surface area contributed by atoms with Crippen molar-refractivity contribution in [1.82, 2.24) is 20.3 Å². The van der Waals surface area contributed by atoms with Gasteiger partial charge in [0.05, 0.1) is 45.8 Å². The minimum atomic E-state index is -0.255. The van der Waals surface area contributed by atoms with Crippen molar-refractivity contribution in [1.29, 1.82) is 0 Å². The van der Waals surface area contributed by atoms with Gasteiger partial charge in [0.2, 0.25) is 5.91 Å². The molecule has 1 aromatic heterocycles. The van der Waals surface area contributed by atoms with Gasteiger partial charge in [-0.05, 0) is 13.0 Å². The number of hydrogen-bond acceptors (Lipinski definition) is 8. The second-order valence-electron chi connectivity index (χ2n) is 9.33. The second kappa shape index (κ2) is 22.3. The summed E-state index contributed by atoms with van der Waals surface area (Å²) in [6.45, 7) is 5.48. The lowest BCUT2D eigenvalue weighted by atomic mass is 9.93. The number of nitrogens with zero attached hydrogens (tertiary/aromatic N) is 3. The molecular formula is C28H47N5O5. The van der Waals surface area contributed by atoms with E-state index < -0.39 is 0 Å². The molecule has 1 heterocycles. The van der Waals surface area contributed by atoms with Gasteiger partial charge in [0.25, 0.3) is 0 Å². The Labute approximate surface area is 227 Å². The SMILES string of the molecule is CC1CCCCCCC1.CNCCC(N)=O.O=Cc1ccc(-c2cn(CCOCCOCCO)nn2)cc1. The first-order valence-corrected chi connectivity index (χ1v) is 13.6. The van der Waals surface area contributed by atoms with E-state index in [1.165, 1.54) is 44.9 Å². The summed E-state index contributed by atoms with van der Waals surface area (Å²) in [6, 6.07) is 7.17. The highest BCUT2D eigenvalue weighted by molar-refractivity contribution is 5.76. The first-order chi connectivity index (χ1) is 18.5. The zero-order chi connectivity index (χ0) is 27.8. The third-order valence-electron chi connectivity index (χ3n) is 5.97. The van der Waals surface area contributed by atoms with Crippen molar-refractivity contribution in [2.75, 3.05) is 46.6 Å². The van der Waals surface area contributed by atoms with E-state index in [0.717, 1.165) is 23.5 Å². The van der Waals surface area contributed by atoms with Crippen molar-refractivity contribution in [2.45, 2.75) is 64.8 Å². The second-order valence-corrected chi connectivity index (χ2v) is 9.33. The molecule has 0 saturated heterocycles. The Morgan fingerprint density at radius 2 is 1.71 bits per heavy atom. The van der Waals surface area contributed by atoms with E-state index in [2.05, 4.69) is 22.6 Å². The Kier molecular flexibility index (Phi) is 19.6. The van der Waals surface area contributed by atoms with Crippen LogP contribution in [-0.4, -0.2) is 78.9 Å². The summed E-state index contributed by atoms with van der Waals surface area (Å²) in [5.41, 5.74) is 7.10. The smallest absolute Gasteiger partial charge is 0.218 e. The van der Waals surface area contributed by atoms with Crippen LogP contribution in [0, 0.1) is 5.92 Å². The van der Waals surface area contributed by atoms with Crippen LogP contribution in [0.1, 0.15) is 68.6 Å². The number of aliphatic hydroxyl groups excluding tert-OH is 1. The molecule has 0 aliphatic heterocycles. The quantitative estimate of drug-likeness (QED) is 0.263. The lowest BCUT2D eigenvalue weighted by Gasteiger charge is -2.13. The molecule has 1 fully saturated rings. The lowest BCUT2D eigenvalue weighted by molar-refractivity contribution is -0.117. The summed E-state index contributed by atoms with van der Waals surface area (Å²) < 4.78 is 12.2. The molecule has 0 atom stereocenters. The molecule has 1 saturated carbocycles. The van der Waals surface area contributed by atoms with E-state index >= 15 is 0 Å². The maximum Gasteiger partial charge on any atom is 0.218 e. The van der Waals surface area contributed by atoms with Crippen molar-refractivity contribution >= 4 is 12.2 Å². The highest BCUT2D eigenvalue weighted by atomic mass is 16.5. The van der Waals surface area contributed by atoms with Gasteiger partial charge in [-0.3, -0.25) is 9.59 Å². The number of nitrogens with one attached hydrogen (secondary N) is 1. The van der Waals surface area contributed by atoms with E-state index in [-0.39, 0.29) is 12.5 Å². The zero-order valence-electron chi connectivity index (χ0n) is 23.1. The summed E-state index contributed by atoms with van der Waals surface area (Å²) in [7, 11) is 1.78. The number of rotatable bonds is 13. The monoisotopic (exact) mass is 533 g/mol. The molecule has 214 valence electrons. The van der Waals surface area contributed by atoms with Gasteiger partial charge in [-0.2, -0.15) is 0 Å². The fraction of sp³-hybridized carbons (Fsp3) is 0.643. The molecule has 1 amide bonds. The topological polar surface area (TPSA) is 142 Å². The molecule has 3 rings (SSSR count). The number of carbonyl (C=O) groups excluding carboxylic acids is 2. The summed E-state index contributed by atoms with van der Waals surface area (Å²) >= 11 is 0. The van der Waals surface area contributed by atoms with Gasteiger partial charge in [0, 0.05) is 24.1 Å². The molecule has 0 radical (unpaired) electrons. The van der Waals surface area contributed by atoms with E-state index in [1.807, 2.05) is 18.3 Å².